The Hall–Kier alpha value is -0.820. The van der Waals surface area contributed by atoms with Crippen LogP contribution in [0.4, 0.5) is 0 Å². The van der Waals surface area contributed by atoms with E-state index in [2.05, 4.69) is 29.6 Å². The summed E-state index contributed by atoms with van der Waals surface area (Å²) in [6.07, 6.45) is 12.6. The van der Waals surface area contributed by atoms with Crippen LogP contribution >= 0.6 is 0 Å². The van der Waals surface area contributed by atoms with Gasteiger partial charge in [0.1, 0.15) is 0 Å². The lowest BCUT2D eigenvalue weighted by atomic mass is 10.1. The fourth-order valence-corrected chi connectivity index (χ4v) is 0.978. The van der Waals surface area contributed by atoms with Crippen molar-refractivity contribution in [3.05, 3.63) is 36.5 Å². The summed E-state index contributed by atoms with van der Waals surface area (Å²) in [6.45, 7) is 1.02. The molecule has 1 N–H and O–H groups in total. The zero-order chi connectivity index (χ0) is 7.23. The summed E-state index contributed by atoms with van der Waals surface area (Å²) in [7, 11) is 1.97. The highest BCUT2D eigenvalue weighted by Crippen LogP contribution is 2.03. The van der Waals surface area contributed by atoms with Crippen LogP contribution in [0.3, 0.4) is 0 Å². The number of rotatable bonds is 2. The van der Waals surface area contributed by atoms with Gasteiger partial charge in [0.05, 0.1) is 0 Å². The molecule has 0 aromatic carbocycles. The molecule has 10 heavy (non-hydrogen) atoms. The molecule has 0 aliphatic heterocycles. The Balaban J connectivity index is 2.46. The summed E-state index contributed by atoms with van der Waals surface area (Å²) in [4.78, 5) is 0. The SMILES string of the molecule is CNCC1C=CC=CC=C1. The number of hydrogen-bond donors (Lipinski definition) is 1. The Morgan fingerprint density at radius 1 is 1.10 bits per heavy atom. The first-order chi connectivity index (χ1) is 4.93. The molecule has 1 nitrogen and oxygen atoms in total. The van der Waals surface area contributed by atoms with E-state index < -0.39 is 0 Å². The molecule has 0 radical (unpaired) electrons. The quantitative estimate of drug-likeness (QED) is 0.605. The van der Waals surface area contributed by atoms with E-state index in [1.165, 1.54) is 0 Å². The minimum Gasteiger partial charge on any atom is -0.319 e. The maximum Gasteiger partial charge on any atom is 0.00778 e. The van der Waals surface area contributed by atoms with Crippen LogP contribution in [-0.4, -0.2) is 13.6 Å². The molecule has 0 saturated heterocycles. The smallest absolute Gasteiger partial charge is 0.00778 e. The number of hydrogen-bond acceptors (Lipinski definition) is 1. The number of nitrogens with one attached hydrogen (secondary N) is 1. The van der Waals surface area contributed by atoms with Gasteiger partial charge in [0.25, 0.3) is 0 Å². The Bertz CT molecular complexity index is 150. The van der Waals surface area contributed by atoms with Crippen molar-refractivity contribution >= 4 is 0 Å². The van der Waals surface area contributed by atoms with Gasteiger partial charge in [-0.25, -0.2) is 0 Å². The van der Waals surface area contributed by atoms with Gasteiger partial charge in [-0.1, -0.05) is 36.5 Å². The van der Waals surface area contributed by atoms with E-state index in [0.29, 0.717) is 5.92 Å². The molecular formula is C9H13N. The summed E-state index contributed by atoms with van der Waals surface area (Å²) in [5, 5.41) is 3.13. The fraction of sp³-hybridized carbons (Fsp3) is 0.333. The lowest BCUT2D eigenvalue weighted by Gasteiger charge is -2.03. The predicted molar refractivity (Wildman–Crippen MR) is 44.8 cm³/mol. The standard InChI is InChI=1S/C9H13N/c1-10-8-9-6-4-2-3-5-7-9/h2-7,9-10H,8H2,1H3. The summed E-state index contributed by atoms with van der Waals surface area (Å²) in [5.74, 6) is 0.556. The summed E-state index contributed by atoms with van der Waals surface area (Å²) < 4.78 is 0. The maximum absolute atomic E-state index is 3.13. The van der Waals surface area contributed by atoms with Gasteiger partial charge in [0.15, 0.2) is 0 Å². The average molecular weight is 135 g/mol. The van der Waals surface area contributed by atoms with Gasteiger partial charge in [0, 0.05) is 12.5 Å². The minimum atomic E-state index is 0.556. The normalized spacial score (nSPS) is 17.7. The van der Waals surface area contributed by atoms with Gasteiger partial charge in [-0.2, -0.15) is 0 Å². The van der Waals surface area contributed by atoms with Crippen molar-refractivity contribution in [1.29, 1.82) is 0 Å². The first-order valence-corrected chi connectivity index (χ1v) is 3.60. The molecule has 0 spiro atoms. The van der Waals surface area contributed by atoms with Gasteiger partial charge >= 0.3 is 0 Å². The van der Waals surface area contributed by atoms with Crippen molar-refractivity contribution < 1.29 is 0 Å². The summed E-state index contributed by atoms with van der Waals surface area (Å²) >= 11 is 0. The summed E-state index contributed by atoms with van der Waals surface area (Å²) in [6, 6.07) is 0. The van der Waals surface area contributed by atoms with E-state index in [1.807, 2.05) is 19.2 Å². The molecule has 1 rings (SSSR count). The van der Waals surface area contributed by atoms with Crippen LogP contribution in [0, 0.1) is 5.92 Å². The van der Waals surface area contributed by atoms with Crippen LogP contribution in [0.5, 0.6) is 0 Å². The van der Waals surface area contributed by atoms with Crippen molar-refractivity contribution in [3.8, 4) is 0 Å². The van der Waals surface area contributed by atoms with Gasteiger partial charge in [-0.15, -0.1) is 0 Å². The average Bonchev–Trinajstić information content (AvgIpc) is 2.17. The van der Waals surface area contributed by atoms with Crippen LogP contribution < -0.4 is 5.32 Å². The highest BCUT2D eigenvalue weighted by atomic mass is 14.8. The molecule has 0 heterocycles. The van der Waals surface area contributed by atoms with E-state index in [-0.39, 0.29) is 0 Å². The monoisotopic (exact) mass is 135 g/mol. The van der Waals surface area contributed by atoms with E-state index in [0.717, 1.165) is 6.54 Å². The molecule has 0 amide bonds. The second-order valence-electron chi connectivity index (χ2n) is 2.38. The van der Waals surface area contributed by atoms with Crippen LogP contribution in [-0.2, 0) is 0 Å². The molecule has 0 saturated carbocycles. The lowest BCUT2D eigenvalue weighted by molar-refractivity contribution is 0.702. The molecule has 1 heteroatoms. The van der Waals surface area contributed by atoms with E-state index >= 15 is 0 Å². The predicted octanol–water partition coefficient (Wildman–Crippen LogP) is 1.50. The van der Waals surface area contributed by atoms with Crippen molar-refractivity contribution in [3.63, 3.8) is 0 Å². The van der Waals surface area contributed by atoms with E-state index in [4.69, 9.17) is 0 Å². The van der Waals surface area contributed by atoms with Crippen LogP contribution in [0.1, 0.15) is 0 Å². The van der Waals surface area contributed by atoms with Gasteiger partial charge < -0.3 is 5.32 Å². The summed E-state index contributed by atoms with van der Waals surface area (Å²) in [5.41, 5.74) is 0. The van der Waals surface area contributed by atoms with Crippen molar-refractivity contribution in [2.24, 2.45) is 5.92 Å². The number of allylic oxidation sites excluding steroid dienone is 4. The lowest BCUT2D eigenvalue weighted by Crippen LogP contribution is -2.14. The molecule has 0 aromatic rings. The second-order valence-corrected chi connectivity index (χ2v) is 2.38. The first kappa shape index (κ1) is 7.29. The molecule has 0 bridgehead atoms. The van der Waals surface area contributed by atoms with Crippen molar-refractivity contribution in [1.82, 2.24) is 5.32 Å². The molecular weight excluding hydrogens is 122 g/mol. The van der Waals surface area contributed by atoms with E-state index in [1.54, 1.807) is 0 Å². The Morgan fingerprint density at radius 2 is 1.70 bits per heavy atom. The largest absolute Gasteiger partial charge is 0.319 e. The zero-order valence-corrected chi connectivity index (χ0v) is 6.25. The Labute approximate surface area is 62.1 Å². The third-order valence-electron chi connectivity index (χ3n) is 1.49. The van der Waals surface area contributed by atoms with Crippen LogP contribution in [0.2, 0.25) is 0 Å². The van der Waals surface area contributed by atoms with Crippen LogP contribution in [0.15, 0.2) is 36.5 Å². The molecule has 1 aliphatic carbocycles. The van der Waals surface area contributed by atoms with Gasteiger partial charge in [-0.3, -0.25) is 0 Å². The Morgan fingerprint density at radius 3 is 2.20 bits per heavy atom. The van der Waals surface area contributed by atoms with E-state index in [9.17, 15) is 0 Å². The third kappa shape index (κ3) is 2.19. The van der Waals surface area contributed by atoms with Crippen molar-refractivity contribution in [2.45, 2.75) is 0 Å². The zero-order valence-electron chi connectivity index (χ0n) is 6.25. The van der Waals surface area contributed by atoms with Crippen molar-refractivity contribution in [2.75, 3.05) is 13.6 Å². The third-order valence-corrected chi connectivity index (χ3v) is 1.49. The minimum absolute atomic E-state index is 0.556. The van der Waals surface area contributed by atoms with Crippen LogP contribution in [0.25, 0.3) is 0 Å². The highest BCUT2D eigenvalue weighted by Gasteiger charge is 1.96. The molecule has 0 aromatic heterocycles. The molecule has 0 atom stereocenters. The molecule has 0 fully saturated rings. The first-order valence-electron chi connectivity index (χ1n) is 3.60. The topological polar surface area (TPSA) is 12.0 Å². The van der Waals surface area contributed by atoms with Gasteiger partial charge in [0.2, 0.25) is 0 Å². The highest BCUT2D eigenvalue weighted by molar-refractivity contribution is 5.19. The maximum atomic E-state index is 3.13. The molecule has 54 valence electrons. The Kier molecular flexibility index (Phi) is 2.97. The second kappa shape index (κ2) is 4.07. The molecule has 0 unspecified atom stereocenters. The molecule has 1 aliphatic rings. The van der Waals surface area contributed by atoms with Gasteiger partial charge in [-0.05, 0) is 7.05 Å². The fourth-order valence-electron chi connectivity index (χ4n) is 0.978.